The molecule has 82 valence electrons. The number of aromatic amines is 1. The normalized spacial score (nSPS) is 10.3. The maximum Gasteiger partial charge on any atom is 0.271 e. The van der Waals surface area contributed by atoms with Crippen LogP contribution in [0.3, 0.4) is 0 Å². The molecule has 4 nitrogen and oxygen atoms in total. The van der Waals surface area contributed by atoms with E-state index in [1.807, 2.05) is 31.2 Å². The van der Waals surface area contributed by atoms with Gasteiger partial charge >= 0.3 is 0 Å². The predicted molar refractivity (Wildman–Crippen MR) is 60.9 cm³/mol. The molecule has 0 aliphatic carbocycles. The molecule has 2 aromatic rings. The molecule has 0 radical (unpaired) electrons. The van der Waals surface area contributed by atoms with Gasteiger partial charge in [-0.05, 0) is 24.6 Å². The van der Waals surface area contributed by atoms with E-state index in [0.29, 0.717) is 5.69 Å². The summed E-state index contributed by atoms with van der Waals surface area (Å²) < 4.78 is 1.44. The first-order chi connectivity index (χ1) is 7.70. The van der Waals surface area contributed by atoms with Gasteiger partial charge in [-0.3, -0.25) is 9.89 Å². The van der Waals surface area contributed by atoms with Crippen molar-refractivity contribution in [1.29, 1.82) is 0 Å². The zero-order chi connectivity index (χ0) is 11.5. The van der Waals surface area contributed by atoms with Crippen LogP contribution < -0.4 is 5.56 Å². The van der Waals surface area contributed by atoms with Gasteiger partial charge in [-0.2, -0.15) is 0 Å². The third kappa shape index (κ3) is 1.95. The molecule has 0 saturated heterocycles. The highest BCUT2D eigenvalue weighted by molar-refractivity contribution is 5.53. The third-order valence-electron chi connectivity index (χ3n) is 2.34. The lowest BCUT2D eigenvalue weighted by Gasteiger charge is -2.02. The van der Waals surface area contributed by atoms with Crippen molar-refractivity contribution >= 4 is 6.29 Å². The average Bonchev–Trinajstić information content (AvgIpc) is 2.60. The molecule has 2 rings (SSSR count). The molecule has 0 amide bonds. The predicted octanol–water partition coefficient (Wildman–Crippen LogP) is 1.22. The lowest BCUT2D eigenvalue weighted by Crippen LogP contribution is -2.13. The average molecular weight is 216 g/mol. The Morgan fingerprint density at radius 3 is 2.88 bits per heavy atom. The number of carbonyl (C=O) groups excluding carboxylic acids is 1. The van der Waals surface area contributed by atoms with Crippen molar-refractivity contribution in [3.8, 4) is 5.69 Å². The maximum atomic E-state index is 11.6. The van der Waals surface area contributed by atoms with Gasteiger partial charge in [-0.15, -0.1) is 0 Å². The van der Waals surface area contributed by atoms with Crippen LogP contribution >= 0.6 is 0 Å². The Morgan fingerprint density at radius 1 is 1.38 bits per heavy atom. The molecule has 0 aliphatic rings. The Labute approximate surface area is 92.5 Å². The number of nitrogens with zero attached hydrogens (tertiary/aromatic N) is 1. The third-order valence-corrected chi connectivity index (χ3v) is 2.34. The molecule has 0 spiro atoms. The van der Waals surface area contributed by atoms with Crippen LogP contribution in [0.2, 0.25) is 0 Å². The molecule has 0 bridgehead atoms. The molecule has 1 N–H and O–H groups in total. The van der Waals surface area contributed by atoms with Crippen LogP contribution in [0.25, 0.3) is 5.69 Å². The molecule has 1 aromatic carbocycles. The number of hydrogen-bond donors (Lipinski definition) is 1. The lowest BCUT2D eigenvalue weighted by atomic mass is 10.2. The van der Waals surface area contributed by atoms with Gasteiger partial charge in [0.15, 0.2) is 0 Å². The number of rotatable bonds is 3. The smallest absolute Gasteiger partial charge is 0.271 e. The Kier molecular flexibility index (Phi) is 2.72. The molecule has 0 atom stereocenters. The molecule has 0 aliphatic heterocycles. The van der Waals surface area contributed by atoms with Gasteiger partial charge < -0.3 is 4.79 Å². The van der Waals surface area contributed by atoms with E-state index in [2.05, 4.69) is 5.10 Å². The van der Waals surface area contributed by atoms with Gasteiger partial charge in [0.2, 0.25) is 0 Å². The summed E-state index contributed by atoms with van der Waals surface area (Å²) in [6, 6.07) is 9.04. The summed E-state index contributed by atoms with van der Waals surface area (Å²) >= 11 is 0. The fraction of sp³-hybridized carbons (Fsp3) is 0.167. The van der Waals surface area contributed by atoms with Crippen molar-refractivity contribution in [1.82, 2.24) is 9.78 Å². The topological polar surface area (TPSA) is 54.9 Å². The van der Waals surface area contributed by atoms with Crippen molar-refractivity contribution in [3.63, 3.8) is 0 Å². The molecule has 1 aromatic heterocycles. The number of benzene rings is 1. The van der Waals surface area contributed by atoms with Crippen LogP contribution in [0.15, 0.2) is 35.1 Å². The van der Waals surface area contributed by atoms with Gasteiger partial charge in [0, 0.05) is 18.2 Å². The zero-order valence-corrected chi connectivity index (χ0v) is 8.93. The second-order valence-corrected chi connectivity index (χ2v) is 3.66. The zero-order valence-electron chi connectivity index (χ0n) is 8.93. The van der Waals surface area contributed by atoms with E-state index in [1.165, 1.54) is 10.7 Å². The maximum absolute atomic E-state index is 11.6. The summed E-state index contributed by atoms with van der Waals surface area (Å²) in [6.45, 7) is 1.96. The Hall–Kier alpha value is -2.10. The first-order valence-electron chi connectivity index (χ1n) is 5.02. The lowest BCUT2D eigenvalue weighted by molar-refractivity contribution is -0.107. The van der Waals surface area contributed by atoms with Gasteiger partial charge in [-0.25, -0.2) is 4.68 Å². The summed E-state index contributed by atoms with van der Waals surface area (Å²) in [5.74, 6) is 0. The van der Waals surface area contributed by atoms with Crippen LogP contribution in [-0.4, -0.2) is 16.1 Å². The first-order valence-corrected chi connectivity index (χ1v) is 5.02. The highest BCUT2D eigenvalue weighted by atomic mass is 16.1. The molecule has 0 fully saturated rings. The minimum absolute atomic E-state index is 0.151. The standard InChI is InChI=1S/C12H12N2O2/c1-9-3-2-4-11(7-9)14-12(16)8-10(13-14)5-6-15/h2-4,6-8,13H,5H2,1H3. The number of H-pyrrole nitrogens is 1. The highest BCUT2D eigenvalue weighted by Gasteiger charge is 2.04. The largest absolute Gasteiger partial charge is 0.303 e. The summed E-state index contributed by atoms with van der Waals surface area (Å²) in [6.07, 6.45) is 1.000. The van der Waals surface area contributed by atoms with Gasteiger partial charge in [0.05, 0.1) is 5.69 Å². The van der Waals surface area contributed by atoms with E-state index < -0.39 is 0 Å². The fourth-order valence-electron chi connectivity index (χ4n) is 1.60. The fourth-order valence-corrected chi connectivity index (χ4v) is 1.60. The number of aldehydes is 1. The Balaban J connectivity index is 2.47. The number of aromatic nitrogens is 2. The quantitative estimate of drug-likeness (QED) is 0.784. The SMILES string of the molecule is Cc1cccc(-n2[nH]c(CC=O)cc2=O)c1. The van der Waals surface area contributed by atoms with E-state index in [9.17, 15) is 9.59 Å². The van der Waals surface area contributed by atoms with Crippen molar-refractivity contribution in [2.75, 3.05) is 0 Å². The molecule has 0 unspecified atom stereocenters. The number of aryl methyl sites for hydroxylation is 1. The van der Waals surface area contributed by atoms with Crippen LogP contribution in [0.5, 0.6) is 0 Å². The van der Waals surface area contributed by atoms with Gasteiger partial charge in [-0.1, -0.05) is 12.1 Å². The number of carbonyl (C=O) groups is 1. The van der Waals surface area contributed by atoms with Crippen molar-refractivity contribution in [3.05, 3.63) is 51.9 Å². The van der Waals surface area contributed by atoms with Crippen LogP contribution in [-0.2, 0) is 11.2 Å². The molecule has 1 heterocycles. The number of hydrogen-bond acceptors (Lipinski definition) is 2. The molecular formula is C12H12N2O2. The molecule has 4 heteroatoms. The van der Waals surface area contributed by atoms with Gasteiger partial charge in [0.1, 0.15) is 6.29 Å². The molecule has 0 saturated carbocycles. The summed E-state index contributed by atoms with van der Waals surface area (Å²) in [4.78, 5) is 22.0. The van der Waals surface area contributed by atoms with Gasteiger partial charge in [0.25, 0.3) is 5.56 Å². The van der Waals surface area contributed by atoms with Crippen molar-refractivity contribution in [2.24, 2.45) is 0 Å². The summed E-state index contributed by atoms with van der Waals surface area (Å²) in [7, 11) is 0. The minimum atomic E-state index is -0.151. The second kappa shape index (κ2) is 4.18. The molecular weight excluding hydrogens is 204 g/mol. The Bertz CT molecular complexity index is 566. The Morgan fingerprint density at radius 2 is 2.19 bits per heavy atom. The van der Waals surface area contributed by atoms with E-state index in [1.54, 1.807) is 0 Å². The summed E-state index contributed by atoms with van der Waals surface area (Å²) in [5.41, 5.74) is 2.34. The number of nitrogens with one attached hydrogen (secondary N) is 1. The van der Waals surface area contributed by atoms with Crippen LogP contribution in [0.4, 0.5) is 0 Å². The highest BCUT2D eigenvalue weighted by Crippen LogP contribution is 2.07. The minimum Gasteiger partial charge on any atom is -0.303 e. The first kappa shape index (κ1) is 10.4. The monoisotopic (exact) mass is 216 g/mol. The van der Waals surface area contributed by atoms with Crippen molar-refractivity contribution < 1.29 is 4.79 Å². The van der Waals surface area contributed by atoms with Crippen LogP contribution in [0.1, 0.15) is 11.3 Å². The van der Waals surface area contributed by atoms with E-state index in [-0.39, 0.29) is 12.0 Å². The van der Waals surface area contributed by atoms with Crippen LogP contribution in [0, 0.1) is 6.92 Å². The van der Waals surface area contributed by atoms with E-state index >= 15 is 0 Å². The summed E-state index contributed by atoms with van der Waals surface area (Å²) in [5, 5.41) is 2.90. The van der Waals surface area contributed by atoms with Crippen molar-refractivity contribution in [2.45, 2.75) is 13.3 Å². The van der Waals surface area contributed by atoms with E-state index in [0.717, 1.165) is 17.5 Å². The second-order valence-electron chi connectivity index (χ2n) is 3.66. The van der Waals surface area contributed by atoms with E-state index in [4.69, 9.17) is 0 Å². The molecule has 16 heavy (non-hydrogen) atoms.